The van der Waals surface area contributed by atoms with E-state index in [-0.39, 0.29) is 0 Å². The Morgan fingerprint density at radius 2 is 2.20 bits per heavy atom. The van der Waals surface area contributed by atoms with Crippen LogP contribution in [0, 0.1) is 0 Å². The van der Waals surface area contributed by atoms with Crippen LogP contribution < -0.4 is 14.8 Å². The first-order chi connectivity index (χ1) is 9.85. The van der Waals surface area contributed by atoms with Crippen molar-refractivity contribution in [2.45, 2.75) is 25.3 Å². The molecule has 0 spiro atoms. The van der Waals surface area contributed by atoms with Crippen molar-refractivity contribution >= 4 is 11.3 Å². The Kier molecular flexibility index (Phi) is 2.89. The van der Waals surface area contributed by atoms with Crippen LogP contribution in [0.3, 0.4) is 0 Å². The van der Waals surface area contributed by atoms with Gasteiger partial charge in [0.25, 0.3) is 0 Å². The number of hydrogen-bond acceptors (Lipinski definition) is 5. The van der Waals surface area contributed by atoms with Crippen LogP contribution in [0.15, 0.2) is 18.2 Å². The maximum absolute atomic E-state index is 5.45. The zero-order valence-electron chi connectivity index (χ0n) is 11.3. The van der Waals surface area contributed by atoms with Crippen LogP contribution in [0.1, 0.15) is 29.5 Å². The number of nitrogens with zero attached hydrogens (tertiary/aromatic N) is 1. The van der Waals surface area contributed by atoms with E-state index in [4.69, 9.17) is 14.5 Å². The van der Waals surface area contributed by atoms with Crippen molar-refractivity contribution in [3.63, 3.8) is 0 Å². The van der Waals surface area contributed by atoms with Gasteiger partial charge in [0, 0.05) is 16.5 Å². The summed E-state index contributed by atoms with van der Waals surface area (Å²) in [5, 5.41) is 4.47. The van der Waals surface area contributed by atoms with Gasteiger partial charge in [-0.25, -0.2) is 4.98 Å². The van der Waals surface area contributed by atoms with Gasteiger partial charge in [0.1, 0.15) is 5.01 Å². The minimum Gasteiger partial charge on any atom is -0.454 e. The van der Waals surface area contributed by atoms with Crippen molar-refractivity contribution in [3.8, 4) is 22.1 Å². The van der Waals surface area contributed by atoms with Gasteiger partial charge in [0.15, 0.2) is 11.5 Å². The second-order valence-corrected chi connectivity index (χ2v) is 6.16. The molecule has 1 aromatic heterocycles. The highest BCUT2D eigenvalue weighted by molar-refractivity contribution is 7.15. The molecule has 0 saturated heterocycles. The lowest BCUT2D eigenvalue weighted by atomic mass is 9.98. The first-order valence-electron chi connectivity index (χ1n) is 6.92. The maximum Gasteiger partial charge on any atom is 0.231 e. The van der Waals surface area contributed by atoms with E-state index in [1.807, 2.05) is 19.2 Å². The lowest BCUT2D eigenvalue weighted by molar-refractivity contribution is 0.174. The van der Waals surface area contributed by atoms with Crippen molar-refractivity contribution in [3.05, 3.63) is 28.8 Å². The van der Waals surface area contributed by atoms with Crippen LogP contribution in [0.5, 0.6) is 11.5 Å². The summed E-state index contributed by atoms with van der Waals surface area (Å²) in [6.07, 6.45) is 3.50. The van der Waals surface area contributed by atoms with Gasteiger partial charge in [0.2, 0.25) is 6.79 Å². The molecule has 1 aromatic carbocycles. The molecule has 20 heavy (non-hydrogen) atoms. The van der Waals surface area contributed by atoms with Gasteiger partial charge in [0.05, 0.1) is 5.69 Å². The number of fused-ring (bicyclic) bond motifs is 2. The Bertz CT molecular complexity index is 653. The minimum atomic E-state index is 0.314. The number of benzene rings is 1. The van der Waals surface area contributed by atoms with Gasteiger partial charge in [-0.1, -0.05) is 0 Å². The molecule has 1 atom stereocenters. The van der Waals surface area contributed by atoms with Crippen LogP contribution >= 0.6 is 11.3 Å². The van der Waals surface area contributed by atoms with E-state index in [2.05, 4.69) is 11.4 Å². The Labute approximate surface area is 121 Å². The molecule has 104 valence electrons. The number of rotatable bonds is 2. The number of thiazole rings is 1. The Balaban J connectivity index is 1.74. The third-order valence-corrected chi connectivity index (χ3v) is 5.18. The molecule has 0 bridgehead atoms. The van der Waals surface area contributed by atoms with Crippen molar-refractivity contribution < 1.29 is 9.47 Å². The molecule has 0 fully saturated rings. The number of ether oxygens (including phenoxy) is 2. The van der Waals surface area contributed by atoms with E-state index in [0.29, 0.717) is 12.8 Å². The zero-order chi connectivity index (χ0) is 13.5. The summed E-state index contributed by atoms with van der Waals surface area (Å²) in [4.78, 5) is 6.22. The SMILES string of the molecule is CNC1CCCc2nc(-c3ccc4c(c3)OCO4)sc21. The fraction of sp³-hybridized carbons (Fsp3) is 0.400. The summed E-state index contributed by atoms with van der Waals surface area (Å²) >= 11 is 1.80. The molecule has 2 aromatic rings. The summed E-state index contributed by atoms with van der Waals surface area (Å²) < 4.78 is 10.8. The van der Waals surface area contributed by atoms with E-state index >= 15 is 0 Å². The van der Waals surface area contributed by atoms with Crippen molar-refractivity contribution in [1.29, 1.82) is 0 Å². The predicted octanol–water partition coefficient (Wildman–Crippen LogP) is 3.14. The maximum atomic E-state index is 5.45. The minimum absolute atomic E-state index is 0.314. The molecule has 4 rings (SSSR count). The molecule has 2 aliphatic rings. The molecule has 0 saturated carbocycles. The standard InChI is InChI=1S/C15H16N2O2S/c1-16-10-3-2-4-11-14(10)20-15(17-11)9-5-6-12-13(7-9)19-8-18-12/h5-7,10,16H,2-4,8H2,1H3. The van der Waals surface area contributed by atoms with E-state index in [0.717, 1.165) is 28.5 Å². The van der Waals surface area contributed by atoms with Crippen molar-refractivity contribution in [1.82, 2.24) is 10.3 Å². The van der Waals surface area contributed by atoms with Crippen LogP contribution in [0.4, 0.5) is 0 Å². The summed E-state index contributed by atoms with van der Waals surface area (Å²) in [5.41, 5.74) is 2.37. The zero-order valence-corrected chi connectivity index (χ0v) is 12.1. The number of hydrogen-bond donors (Lipinski definition) is 1. The van der Waals surface area contributed by atoms with Gasteiger partial charge < -0.3 is 14.8 Å². The third-order valence-electron chi connectivity index (χ3n) is 3.92. The number of aromatic nitrogens is 1. The van der Waals surface area contributed by atoms with E-state index < -0.39 is 0 Å². The second-order valence-electron chi connectivity index (χ2n) is 5.13. The molecule has 2 heterocycles. The largest absolute Gasteiger partial charge is 0.454 e. The van der Waals surface area contributed by atoms with Crippen molar-refractivity contribution in [2.24, 2.45) is 0 Å². The molecular formula is C15H16N2O2S. The highest BCUT2D eigenvalue weighted by Crippen LogP contribution is 2.41. The lowest BCUT2D eigenvalue weighted by Gasteiger charge is -2.19. The Morgan fingerprint density at radius 1 is 1.30 bits per heavy atom. The molecular weight excluding hydrogens is 272 g/mol. The number of nitrogens with one attached hydrogen (secondary N) is 1. The quantitative estimate of drug-likeness (QED) is 0.922. The average molecular weight is 288 g/mol. The molecule has 0 radical (unpaired) electrons. The molecule has 0 amide bonds. The smallest absolute Gasteiger partial charge is 0.231 e. The topological polar surface area (TPSA) is 43.4 Å². The highest BCUT2D eigenvalue weighted by atomic mass is 32.1. The lowest BCUT2D eigenvalue weighted by Crippen LogP contribution is -2.19. The molecule has 1 N–H and O–H groups in total. The van der Waals surface area contributed by atoms with Gasteiger partial charge in [-0.3, -0.25) is 0 Å². The first kappa shape index (κ1) is 12.2. The normalized spacial score (nSPS) is 19.9. The average Bonchev–Trinajstić information content (AvgIpc) is 3.11. The van der Waals surface area contributed by atoms with E-state index in [1.54, 1.807) is 11.3 Å². The van der Waals surface area contributed by atoms with Crippen LogP contribution in [0.25, 0.3) is 10.6 Å². The van der Waals surface area contributed by atoms with Crippen LogP contribution in [-0.2, 0) is 6.42 Å². The summed E-state index contributed by atoms with van der Waals surface area (Å²) in [5.74, 6) is 1.64. The van der Waals surface area contributed by atoms with Gasteiger partial charge in [-0.2, -0.15) is 0 Å². The summed E-state index contributed by atoms with van der Waals surface area (Å²) in [6.45, 7) is 0.314. The summed E-state index contributed by atoms with van der Waals surface area (Å²) in [7, 11) is 2.03. The number of aryl methyl sites for hydroxylation is 1. The Morgan fingerprint density at radius 3 is 3.10 bits per heavy atom. The molecule has 4 nitrogen and oxygen atoms in total. The van der Waals surface area contributed by atoms with Crippen LogP contribution in [-0.4, -0.2) is 18.8 Å². The monoisotopic (exact) mass is 288 g/mol. The van der Waals surface area contributed by atoms with Crippen molar-refractivity contribution in [2.75, 3.05) is 13.8 Å². The van der Waals surface area contributed by atoms with Gasteiger partial charge in [-0.05, 0) is 44.5 Å². The summed E-state index contributed by atoms with van der Waals surface area (Å²) in [6, 6.07) is 6.51. The fourth-order valence-corrected chi connectivity index (χ4v) is 4.10. The molecule has 1 aliphatic heterocycles. The highest BCUT2D eigenvalue weighted by Gasteiger charge is 2.24. The third kappa shape index (κ3) is 1.89. The molecule has 5 heteroatoms. The van der Waals surface area contributed by atoms with E-state index in [9.17, 15) is 0 Å². The Hall–Kier alpha value is -1.59. The molecule has 1 aliphatic carbocycles. The van der Waals surface area contributed by atoms with E-state index in [1.165, 1.54) is 23.4 Å². The first-order valence-corrected chi connectivity index (χ1v) is 7.73. The second kappa shape index (κ2) is 4.75. The predicted molar refractivity (Wildman–Crippen MR) is 78.4 cm³/mol. The van der Waals surface area contributed by atoms with Gasteiger partial charge >= 0.3 is 0 Å². The van der Waals surface area contributed by atoms with Crippen LogP contribution in [0.2, 0.25) is 0 Å². The van der Waals surface area contributed by atoms with Gasteiger partial charge in [-0.15, -0.1) is 11.3 Å². The fourth-order valence-electron chi connectivity index (χ4n) is 2.85. The molecule has 1 unspecified atom stereocenters.